The van der Waals surface area contributed by atoms with Crippen LogP contribution in [0.4, 0.5) is 0 Å². The number of nitrogens with one attached hydrogen (secondary N) is 1. The Labute approximate surface area is 163 Å². The monoisotopic (exact) mass is 374 g/mol. The molecule has 0 saturated carbocycles. The average molecular weight is 375 g/mol. The van der Waals surface area contributed by atoms with Crippen LogP contribution in [0.25, 0.3) is 0 Å². The Kier molecular flexibility index (Phi) is 8.70. The maximum atomic E-state index is 12.7. The van der Waals surface area contributed by atoms with Crippen LogP contribution in [0, 0.1) is 12.8 Å². The summed E-state index contributed by atoms with van der Waals surface area (Å²) in [5, 5.41) is 2.78. The predicted molar refractivity (Wildman–Crippen MR) is 109 cm³/mol. The predicted octanol–water partition coefficient (Wildman–Crippen LogP) is 3.47. The summed E-state index contributed by atoms with van der Waals surface area (Å²) in [6.07, 6.45) is 2.38. The molecule has 1 N–H and O–H groups in total. The number of hydrogen-bond acceptors (Lipinski definition) is 4. The van der Waals surface area contributed by atoms with Gasteiger partial charge in [-0.15, -0.1) is 6.58 Å². The van der Waals surface area contributed by atoms with Gasteiger partial charge in [0.05, 0.1) is 0 Å². The molecule has 5 heteroatoms. The molecule has 1 aromatic rings. The van der Waals surface area contributed by atoms with Crippen molar-refractivity contribution in [2.75, 3.05) is 13.6 Å². The van der Waals surface area contributed by atoms with E-state index in [-0.39, 0.29) is 11.8 Å². The van der Waals surface area contributed by atoms with Crippen molar-refractivity contribution in [1.29, 1.82) is 0 Å². The lowest BCUT2D eigenvalue weighted by atomic mass is 9.94. The Morgan fingerprint density at radius 2 is 1.85 bits per heavy atom. The van der Waals surface area contributed by atoms with Gasteiger partial charge in [-0.2, -0.15) is 0 Å². The molecule has 1 amide bonds. The normalized spacial score (nSPS) is 13.7. The molecule has 0 bridgehead atoms. The number of hydrogen-bond donors (Lipinski definition) is 1. The lowest BCUT2D eigenvalue weighted by Crippen LogP contribution is -2.50. The van der Waals surface area contributed by atoms with Crippen molar-refractivity contribution in [3.63, 3.8) is 0 Å². The molecule has 0 fully saturated rings. The SMILES string of the molecule is C=CC[C@H](CN(C)Cc1ccc(C)cc1)[C@H](NC(C)=O)C(=O)OC(C)(C)C. The van der Waals surface area contributed by atoms with Crippen molar-refractivity contribution < 1.29 is 14.3 Å². The van der Waals surface area contributed by atoms with E-state index >= 15 is 0 Å². The summed E-state index contributed by atoms with van der Waals surface area (Å²) in [7, 11) is 2.01. The van der Waals surface area contributed by atoms with E-state index in [2.05, 4.69) is 48.0 Å². The molecule has 27 heavy (non-hydrogen) atoms. The van der Waals surface area contributed by atoms with E-state index in [1.54, 1.807) is 6.08 Å². The molecule has 2 atom stereocenters. The fourth-order valence-corrected chi connectivity index (χ4v) is 2.95. The minimum Gasteiger partial charge on any atom is -0.458 e. The van der Waals surface area contributed by atoms with E-state index < -0.39 is 17.6 Å². The summed E-state index contributed by atoms with van der Waals surface area (Å²) < 4.78 is 5.53. The molecule has 0 unspecified atom stereocenters. The molecule has 0 aliphatic rings. The largest absolute Gasteiger partial charge is 0.458 e. The van der Waals surface area contributed by atoms with Gasteiger partial charge in [-0.3, -0.25) is 4.79 Å². The lowest BCUT2D eigenvalue weighted by molar-refractivity contribution is -0.160. The molecule has 1 rings (SSSR count). The number of aryl methyl sites for hydroxylation is 1. The number of allylic oxidation sites excluding steroid dienone is 1. The van der Waals surface area contributed by atoms with Gasteiger partial charge in [0.15, 0.2) is 0 Å². The smallest absolute Gasteiger partial charge is 0.329 e. The minimum atomic E-state index is -0.708. The quantitative estimate of drug-likeness (QED) is 0.531. The lowest BCUT2D eigenvalue weighted by Gasteiger charge is -2.31. The van der Waals surface area contributed by atoms with Gasteiger partial charge in [-0.05, 0) is 46.7 Å². The molecule has 0 aromatic heterocycles. The van der Waals surface area contributed by atoms with Crippen molar-refractivity contribution in [3.05, 3.63) is 48.0 Å². The van der Waals surface area contributed by atoms with Crippen molar-refractivity contribution in [3.8, 4) is 0 Å². The first-order valence-electron chi connectivity index (χ1n) is 9.36. The zero-order valence-corrected chi connectivity index (χ0v) is 17.5. The fourth-order valence-electron chi connectivity index (χ4n) is 2.95. The van der Waals surface area contributed by atoms with Crippen molar-refractivity contribution in [2.45, 2.75) is 59.2 Å². The molecule has 5 nitrogen and oxygen atoms in total. The van der Waals surface area contributed by atoms with Crippen LogP contribution in [-0.2, 0) is 20.9 Å². The van der Waals surface area contributed by atoms with Crippen LogP contribution < -0.4 is 5.32 Å². The van der Waals surface area contributed by atoms with Crippen LogP contribution in [0.3, 0.4) is 0 Å². The van der Waals surface area contributed by atoms with Gasteiger partial charge < -0.3 is 15.0 Å². The third-order valence-electron chi connectivity index (χ3n) is 4.08. The van der Waals surface area contributed by atoms with Crippen LogP contribution in [-0.4, -0.2) is 42.0 Å². The van der Waals surface area contributed by atoms with Crippen LogP contribution in [0.5, 0.6) is 0 Å². The van der Waals surface area contributed by atoms with Crippen molar-refractivity contribution in [1.82, 2.24) is 10.2 Å². The maximum Gasteiger partial charge on any atom is 0.329 e. The van der Waals surface area contributed by atoms with Crippen LogP contribution in [0.1, 0.15) is 45.2 Å². The molecular formula is C22H34N2O3. The van der Waals surface area contributed by atoms with E-state index in [4.69, 9.17) is 4.74 Å². The number of nitrogens with zero attached hydrogens (tertiary/aromatic N) is 1. The molecule has 0 saturated heterocycles. The topological polar surface area (TPSA) is 58.6 Å². The summed E-state index contributed by atoms with van der Waals surface area (Å²) in [4.78, 5) is 26.5. The molecule has 0 spiro atoms. The summed E-state index contributed by atoms with van der Waals surface area (Å²) >= 11 is 0. The molecule has 0 heterocycles. The van der Waals surface area contributed by atoms with Crippen LogP contribution in [0.2, 0.25) is 0 Å². The highest BCUT2D eigenvalue weighted by Crippen LogP contribution is 2.18. The average Bonchev–Trinajstić information content (AvgIpc) is 2.52. The van der Waals surface area contributed by atoms with Gasteiger partial charge in [-0.25, -0.2) is 4.79 Å². The molecule has 1 aromatic carbocycles. The maximum absolute atomic E-state index is 12.7. The van der Waals surface area contributed by atoms with Gasteiger partial charge in [0.25, 0.3) is 0 Å². The highest BCUT2D eigenvalue weighted by molar-refractivity contribution is 5.83. The number of carbonyl (C=O) groups excluding carboxylic acids is 2. The molecule has 150 valence electrons. The van der Waals surface area contributed by atoms with Crippen LogP contribution >= 0.6 is 0 Å². The summed E-state index contributed by atoms with van der Waals surface area (Å²) in [6.45, 7) is 14.1. The van der Waals surface area contributed by atoms with Gasteiger partial charge in [-0.1, -0.05) is 35.9 Å². The molecule has 0 radical (unpaired) electrons. The van der Waals surface area contributed by atoms with E-state index in [0.29, 0.717) is 13.0 Å². The second kappa shape index (κ2) is 10.3. The fraction of sp³-hybridized carbons (Fsp3) is 0.545. The number of ether oxygens (including phenoxy) is 1. The highest BCUT2D eigenvalue weighted by Gasteiger charge is 2.33. The van der Waals surface area contributed by atoms with E-state index in [1.165, 1.54) is 18.1 Å². The zero-order chi connectivity index (χ0) is 20.6. The summed E-state index contributed by atoms with van der Waals surface area (Å²) in [5.41, 5.74) is 1.82. The minimum absolute atomic E-state index is 0.128. The van der Waals surface area contributed by atoms with Gasteiger partial charge in [0.2, 0.25) is 5.91 Å². The summed E-state index contributed by atoms with van der Waals surface area (Å²) in [6, 6.07) is 7.68. The Balaban J connectivity index is 2.91. The third-order valence-corrected chi connectivity index (χ3v) is 4.08. The van der Waals surface area contributed by atoms with Gasteiger partial charge in [0.1, 0.15) is 11.6 Å². The highest BCUT2D eigenvalue weighted by atomic mass is 16.6. The number of amides is 1. The van der Waals surface area contributed by atoms with Gasteiger partial charge in [0, 0.05) is 25.9 Å². The molecule has 0 aliphatic heterocycles. The van der Waals surface area contributed by atoms with Crippen molar-refractivity contribution >= 4 is 11.9 Å². The Bertz CT molecular complexity index is 632. The Hall–Kier alpha value is -2.14. The number of esters is 1. The second-order valence-electron chi connectivity index (χ2n) is 8.18. The first-order chi connectivity index (χ1) is 12.5. The van der Waals surface area contributed by atoms with E-state index in [9.17, 15) is 9.59 Å². The second-order valence-corrected chi connectivity index (χ2v) is 8.18. The number of rotatable bonds is 9. The van der Waals surface area contributed by atoms with Crippen LogP contribution in [0.15, 0.2) is 36.9 Å². The first kappa shape index (κ1) is 22.9. The standard InChI is InChI=1S/C22H34N2O3/c1-8-9-19(15-24(7)14-18-12-10-16(2)11-13-18)20(23-17(3)25)21(26)27-22(4,5)6/h8,10-13,19-20H,1,9,14-15H2,2-7H3,(H,23,25)/t19-,20+/m1/s1. The molecular weight excluding hydrogens is 340 g/mol. The van der Waals surface area contributed by atoms with E-state index in [1.807, 2.05) is 27.8 Å². The summed E-state index contributed by atoms with van der Waals surface area (Å²) in [5.74, 6) is -0.786. The number of carbonyl (C=O) groups is 2. The zero-order valence-electron chi connectivity index (χ0n) is 17.5. The van der Waals surface area contributed by atoms with Crippen molar-refractivity contribution in [2.24, 2.45) is 5.92 Å². The Morgan fingerprint density at radius 1 is 1.26 bits per heavy atom. The van der Waals surface area contributed by atoms with Gasteiger partial charge >= 0.3 is 5.97 Å². The molecule has 0 aliphatic carbocycles. The first-order valence-corrected chi connectivity index (χ1v) is 9.36. The number of benzene rings is 1. The van der Waals surface area contributed by atoms with E-state index in [0.717, 1.165) is 6.54 Å². The Morgan fingerprint density at radius 3 is 2.33 bits per heavy atom. The third kappa shape index (κ3) is 8.87.